The summed E-state index contributed by atoms with van der Waals surface area (Å²) in [6, 6.07) is 5.71. The van der Waals surface area contributed by atoms with Gasteiger partial charge in [-0.2, -0.15) is 0 Å². The highest BCUT2D eigenvalue weighted by Crippen LogP contribution is 2.13. The van der Waals surface area contributed by atoms with Crippen LogP contribution in [-0.2, 0) is 4.74 Å². The topological polar surface area (TPSA) is 26.3 Å². The van der Waals surface area contributed by atoms with Crippen molar-refractivity contribution in [3.63, 3.8) is 0 Å². The van der Waals surface area contributed by atoms with Crippen LogP contribution in [0.4, 0.5) is 0 Å². The summed E-state index contributed by atoms with van der Waals surface area (Å²) in [5, 5.41) is 2.01. The maximum Gasteiger partial charge on any atom is 0.338 e. The zero-order chi connectivity index (χ0) is 19.7. The van der Waals surface area contributed by atoms with Gasteiger partial charge in [0.05, 0.1) is 12.2 Å². The van der Waals surface area contributed by atoms with Gasteiger partial charge >= 0.3 is 5.97 Å². The maximum atomic E-state index is 12.0. The van der Waals surface area contributed by atoms with Gasteiger partial charge in [-0.15, -0.1) is 18.5 Å². The van der Waals surface area contributed by atoms with E-state index in [9.17, 15) is 4.79 Å². The average molecular weight is 411 g/mol. The van der Waals surface area contributed by atoms with E-state index >= 15 is 0 Å². The molecule has 0 spiro atoms. The van der Waals surface area contributed by atoms with Gasteiger partial charge in [-0.3, -0.25) is 0 Å². The van der Waals surface area contributed by atoms with Crippen LogP contribution < -0.4 is 10.6 Å². The predicted molar refractivity (Wildman–Crippen MR) is 126 cm³/mol. The lowest BCUT2D eigenvalue weighted by Gasteiger charge is -2.07. The smallest absolute Gasteiger partial charge is 0.338 e. The molecule has 0 aliphatic heterocycles. The summed E-state index contributed by atoms with van der Waals surface area (Å²) < 4.78 is 5.39. The Labute approximate surface area is 172 Å². The van der Waals surface area contributed by atoms with E-state index in [0.717, 1.165) is 23.5 Å². The Balaban J connectivity index is 1.88. The molecule has 154 valence electrons. The molecule has 0 heterocycles. The Hall–Kier alpha value is -0.450. The first-order chi connectivity index (χ1) is 13.1. The number of benzene rings is 1. The quantitative estimate of drug-likeness (QED) is 0.181. The standard InChI is InChI=1S/C23H40O2P2/c1-2-3-4-5-6-7-8-9-10-11-12-13-14-15-16-25-23(24)20-17-21(26)19-22(27)18-20/h17-19H,2-16,26-27H2,1H3. The minimum absolute atomic E-state index is 0.210. The number of esters is 1. The Bertz CT molecular complexity index is 497. The van der Waals surface area contributed by atoms with Crippen LogP contribution in [0.15, 0.2) is 18.2 Å². The molecule has 2 atom stereocenters. The van der Waals surface area contributed by atoms with E-state index in [-0.39, 0.29) is 5.97 Å². The molecule has 0 N–H and O–H groups in total. The van der Waals surface area contributed by atoms with Gasteiger partial charge < -0.3 is 4.74 Å². The summed E-state index contributed by atoms with van der Waals surface area (Å²) in [7, 11) is 5.25. The first-order valence-electron chi connectivity index (χ1n) is 11.0. The number of ether oxygens (including phenoxy) is 1. The largest absolute Gasteiger partial charge is 0.462 e. The summed E-state index contributed by atoms with van der Waals surface area (Å²) in [5.41, 5.74) is 0.637. The molecule has 0 amide bonds. The molecule has 0 aromatic heterocycles. The maximum absolute atomic E-state index is 12.0. The van der Waals surface area contributed by atoms with E-state index in [1.165, 1.54) is 77.0 Å². The van der Waals surface area contributed by atoms with Crippen LogP contribution in [0, 0.1) is 0 Å². The van der Waals surface area contributed by atoms with Crippen LogP contribution in [0.1, 0.15) is 107 Å². The van der Waals surface area contributed by atoms with Gasteiger partial charge in [0.2, 0.25) is 0 Å². The number of carbonyl (C=O) groups is 1. The second-order valence-corrected chi connectivity index (χ2v) is 8.95. The van der Waals surface area contributed by atoms with Crippen molar-refractivity contribution < 1.29 is 9.53 Å². The van der Waals surface area contributed by atoms with E-state index in [2.05, 4.69) is 25.4 Å². The van der Waals surface area contributed by atoms with Gasteiger partial charge in [0.15, 0.2) is 0 Å². The molecule has 1 aromatic carbocycles. The van der Waals surface area contributed by atoms with Crippen molar-refractivity contribution in [1.82, 2.24) is 0 Å². The van der Waals surface area contributed by atoms with Gasteiger partial charge in [-0.05, 0) is 35.2 Å². The second-order valence-electron chi connectivity index (χ2n) is 7.62. The Morgan fingerprint density at radius 1 is 0.704 bits per heavy atom. The van der Waals surface area contributed by atoms with E-state index in [1.807, 2.05) is 18.2 Å². The molecule has 4 heteroatoms. The van der Waals surface area contributed by atoms with E-state index < -0.39 is 0 Å². The molecule has 2 nitrogen and oxygen atoms in total. The Morgan fingerprint density at radius 3 is 1.56 bits per heavy atom. The Morgan fingerprint density at radius 2 is 1.11 bits per heavy atom. The zero-order valence-electron chi connectivity index (χ0n) is 17.3. The fraction of sp³-hybridized carbons (Fsp3) is 0.696. The van der Waals surface area contributed by atoms with E-state index in [0.29, 0.717) is 12.2 Å². The summed E-state index contributed by atoms with van der Waals surface area (Å²) in [5.74, 6) is -0.210. The fourth-order valence-corrected chi connectivity index (χ4v) is 4.28. The van der Waals surface area contributed by atoms with Crippen LogP contribution in [0.3, 0.4) is 0 Å². The van der Waals surface area contributed by atoms with E-state index in [1.54, 1.807) is 0 Å². The highest BCUT2D eigenvalue weighted by molar-refractivity contribution is 7.29. The van der Waals surface area contributed by atoms with E-state index in [4.69, 9.17) is 4.74 Å². The molecule has 27 heavy (non-hydrogen) atoms. The summed E-state index contributed by atoms with van der Waals surface area (Å²) in [4.78, 5) is 12.0. The van der Waals surface area contributed by atoms with Gasteiger partial charge in [-0.25, -0.2) is 4.79 Å². The minimum atomic E-state index is -0.210. The number of rotatable bonds is 16. The summed E-state index contributed by atoms with van der Waals surface area (Å²) in [6.07, 6.45) is 18.7. The number of hydrogen-bond donors (Lipinski definition) is 0. The molecular weight excluding hydrogens is 370 g/mol. The number of carbonyl (C=O) groups excluding carboxylic acids is 1. The van der Waals surface area contributed by atoms with Crippen molar-refractivity contribution in [2.75, 3.05) is 6.61 Å². The highest BCUT2D eigenvalue weighted by Gasteiger charge is 2.07. The Kier molecular flexibility index (Phi) is 15.0. The van der Waals surface area contributed by atoms with Gasteiger partial charge in [0.1, 0.15) is 0 Å². The molecule has 0 fully saturated rings. The van der Waals surface area contributed by atoms with Crippen molar-refractivity contribution in [1.29, 1.82) is 0 Å². The third kappa shape index (κ3) is 13.4. The van der Waals surface area contributed by atoms with Crippen LogP contribution in [0.5, 0.6) is 0 Å². The van der Waals surface area contributed by atoms with Crippen LogP contribution >= 0.6 is 18.5 Å². The van der Waals surface area contributed by atoms with Crippen molar-refractivity contribution in [3.8, 4) is 0 Å². The van der Waals surface area contributed by atoms with Gasteiger partial charge in [0, 0.05) is 0 Å². The van der Waals surface area contributed by atoms with Crippen molar-refractivity contribution in [3.05, 3.63) is 23.8 Å². The third-order valence-corrected chi connectivity index (χ3v) is 5.61. The lowest BCUT2D eigenvalue weighted by Crippen LogP contribution is -2.12. The predicted octanol–water partition coefficient (Wildman–Crippen LogP) is 6.33. The normalized spacial score (nSPS) is 10.9. The molecule has 1 aromatic rings. The van der Waals surface area contributed by atoms with Crippen LogP contribution in [0.2, 0.25) is 0 Å². The average Bonchev–Trinajstić information content (AvgIpc) is 2.64. The molecule has 0 saturated carbocycles. The second kappa shape index (κ2) is 16.5. The molecule has 1 rings (SSSR count). The van der Waals surface area contributed by atoms with Crippen molar-refractivity contribution >= 4 is 35.1 Å². The molecule has 0 radical (unpaired) electrons. The first kappa shape index (κ1) is 24.6. The summed E-state index contributed by atoms with van der Waals surface area (Å²) in [6.45, 7) is 2.81. The van der Waals surface area contributed by atoms with Gasteiger partial charge in [0.25, 0.3) is 0 Å². The van der Waals surface area contributed by atoms with Crippen molar-refractivity contribution in [2.45, 2.75) is 96.8 Å². The van der Waals surface area contributed by atoms with Crippen LogP contribution in [0.25, 0.3) is 0 Å². The van der Waals surface area contributed by atoms with Crippen LogP contribution in [-0.4, -0.2) is 12.6 Å². The molecule has 0 aliphatic rings. The third-order valence-electron chi connectivity index (χ3n) is 4.94. The first-order valence-corrected chi connectivity index (χ1v) is 12.1. The molecule has 0 aliphatic carbocycles. The number of hydrogen-bond acceptors (Lipinski definition) is 2. The highest BCUT2D eigenvalue weighted by atomic mass is 31.0. The van der Waals surface area contributed by atoms with Crippen molar-refractivity contribution in [2.24, 2.45) is 0 Å². The summed E-state index contributed by atoms with van der Waals surface area (Å²) >= 11 is 0. The SMILES string of the molecule is CCCCCCCCCCCCCCCCOC(=O)c1cc(P)cc(P)c1. The molecule has 2 unspecified atom stereocenters. The molecule has 0 bridgehead atoms. The lowest BCUT2D eigenvalue weighted by molar-refractivity contribution is 0.0498. The van der Waals surface area contributed by atoms with Gasteiger partial charge in [-0.1, -0.05) is 90.4 Å². The number of unbranched alkanes of at least 4 members (excludes halogenated alkanes) is 13. The zero-order valence-corrected chi connectivity index (χ0v) is 19.6. The fourth-order valence-electron chi connectivity index (χ4n) is 3.34. The minimum Gasteiger partial charge on any atom is -0.462 e. The monoisotopic (exact) mass is 410 g/mol. The molecule has 0 saturated heterocycles. The molecular formula is C23H40O2P2. The lowest BCUT2D eigenvalue weighted by atomic mass is 10.0.